The molecule has 1 fully saturated rings. The number of ether oxygens (including phenoxy) is 2. The first-order valence-corrected chi connectivity index (χ1v) is 7.54. The third-order valence-corrected chi connectivity index (χ3v) is 4.05. The molecule has 1 amide bonds. The highest BCUT2D eigenvalue weighted by Crippen LogP contribution is 2.26. The van der Waals surface area contributed by atoms with Gasteiger partial charge in [0.15, 0.2) is 6.10 Å². The number of hydrogen-bond acceptors (Lipinski definition) is 4. The number of amides is 1. The monoisotopic (exact) mass is 305 g/mol. The first-order chi connectivity index (χ1) is 10.6. The van der Waals surface area contributed by atoms with Gasteiger partial charge >= 0.3 is 5.97 Å². The van der Waals surface area contributed by atoms with Gasteiger partial charge in [0.2, 0.25) is 5.91 Å². The lowest BCUT2D eigenvalue weighted by Gasteiger charge is -2.12. The Balaban J connectivity index is 1.45. The van der Waals surface area contributed by atoms with E-state index in [0.29, 0.717) is 19.4 Å². The molecule has 0 saturated carbocycles. The van der Waals surface area contributed by atoms with Crippen molar-refractivity contribution in [1.82, 2.24) is 5.32 Å². The van der Waals surface area contributed by atoms with Gasteiger partial charge in [-0.1, -0.05) is 12.1 Å². The maximum absolute atomic E-state index is 11.9. The van der Waals surface area contributed by atoms with E-state index in [0.717, 1.165) is 30.8 Å². The average molecular weight is 305 g/mol. The van der Waals surface area contributed by atoms with Gasteiger partial charge in [0.1, 0.15) is 11.9 Å². The maximum Gasteiger partial charge on any atom is 0.332 e. The van der Waals surface area contributed by atoms with Crippen molar-refractivity contribution in [3.8, 4) is 5.75 Å². The Kier molecular flexibility index (Phi) is 4.29. The van der Waals surface area contributed by atoms with Crippen molar-refractivity contribution >= 4 is 11.9 Å². The second kappa shape index (κ2) is 6.36. The second-order valence-corrected chi connectivity index (χ2v) is 5.61. The predicted molar refractivity (Wildman–Crippen MR) is 77.9 cm³/mol. The second-order valence-electron chi connectivity index (χ2n) is 5.61. The van der Waals surface area contributed by atoms with E-state index in [1.807, 2.05) is 12.1 Å². The summed E-state index contributed by atoms with van der Waals surface area (Å²) in [5.41, 5.74) is 2.37. The zero-order valence-corrected chi connectivity index (χ0v) is 12.2. The van der Waals surface area contributed by atoms with Crippen LogP contribution in [0.1, 0.15) is 24.0 Å². The van der Waals surface area contributed by atoms with E-state index in [2.05, 4.69) is 11.4 Å². The summed E-state index contributed by atoms with van der Waals surface area (Å²) in [4.78, 5) is 22.7. The zero-order chi connectivity index (χ0) is 15.5. The molecule has 1 aromatic carbocycles. The topological polar surface area (TPSA) is 84.9 Å². The number of hydrogen-bond donors (Lipinski definition) is 2. The molecule has 6 heteroatoms. The van der Waals surface area contributed by atoms with Gasteiger partial charge in [0, 0.05) is 13.0 Å². The van der Waals surface area contributed by atoms with Crippen LogP contribution in [0.5, 0.6) is 5.75 Å². The SMILES string of the molecule is O=C(NCCc1ccc2c(c1)CCO2)[C@@H]1CC[C@H](C(=O)O)O1. The van der Waals surface area contributed by atoms with Crippen LogP contribution in [0.2, 0.25) is 0 Å². The van der Waals surface area contributed by atoms with Gasteiger partial charge in [-0.3, -0.25) is 4.79 Å². The Labute approximate surface area is 128 Å². The molecule has 1 aromatic rings. The summed E-state index contributed by atoms with van der Waals surface area (Å²) >= 11 is 0. The first kappa shape index (κ1) is 14.8. The van der Waals surface area contributed by atoms with Crippen LogP contribution in [0.4, 0.5) is 0 Å². The lowest BCUT2D eigenvalue weighted by atomic mass is 10.1. The van der Waals surface area contributed by atoms with Gasteiger partial charge in [0.05, 0.1) is 6.61 Å². The Morgan fingerprint density at radius 2 is 2.09 bits per heavy atom. The Morgan fingerprint density at radius 1 is 1.27 bits per heavy atom. The number of fused-ring (bicyclic) bond motifs is 1. The van der Waals surface area contributed by atoms with Crippen LogP contribution < -0.4 is 10.1 Å². The van der Waals surface area contributed by atoms with Crippen LogP contribution >= 0.6 is 0 Å². The molecule has 2 aliphatic rings. The van der Waals surface area contributed by atoms with Crippen LogP contribution in [0.25, 0.3) is 0 Å². The minimum Gasteiger partial charge on any atom is -0.493 e. The number of rotatable bonds is 5. The zero-order valence-electron chi connectivity index (χ0n) is 12.2. The molecule has 3 rings (SSSR count). The van der Waals surface area contributed by atoms with Crippen molar-refractivity contribution in [3.63, 3.8) is 0 Å². The fourth-order valence-electron chi connectivity index (χ4n) is 2.85. The smallest absolute Gasteiger partial charge is 0.332 e. The largest absolute Gasteiger partial charge is 0.493 e. The molecule has 0 unspecified atom stereocenters. The van der Waals surface area contributed by atoms with Gasteiger partial charge < -0.3 is 19.9 Å². The molecule has 0 spiro atoms. The number of carbonyl (C=O) groups excluding carboxylic acids is 1. The number of carboxylic acids is 1. The van der Waals surface area contributed by atoms with E-state index < -0.39 is 18.2 Å². The minimum absolute atomic E-state index is 0.228. The molecular weight excluding hydrogens is 286 g/mol. The van der Waals surface area contributed by atoms with Crippen LogP contribution in [-0.4, -0.2) is 42.3 Å². The molecule has 0 bridgehead atoms. The highest BCUT2D eigenvalue weighted by molar-refractivity contribution is 5.82. The molecule has 2 heterocycles. The fourth-order valence-corrected chi connectivity index (χ4v) is 2.85. The Bertz CT molecular complexity index is 586. The van der Waals surface area contributed by atoms with Crippen molar-refractivity contribution in [3.05, 3.63) is 29.3 Å². The molecule has 1 saturated heterocycles. The highest BCUT2D eigenvalue weighted by atomic mass is 16.5. The van der Waals surface area contributed by atoms with Gasteiger partial charge in [-0.15, -0.1) is 0 Å². The van der Waals surface area contributed by atoms with Gasteiger partial charge in [-0.05, 0) is 36.5 Å². The number of benzene rings is 1. The average Bonchev–Trinajstić information content (AvgIpc) is 3.16. The molecule has 6 nitrogen and oxygen atoms in total. The number of aliphatic carboxylic acids is 1. The van der Waals surface area contributed by atoms with Crippen LogP contribution in [0.3, 0.4) is 0 Å². The molecule has 22 heavy (non-hydrogen) atoms. The summed E-state index contributed by atoms with van der Waals surface area (Å²) in [6.07, 6.45) is 1.01. The van der Waals surface area contributed by atoms with E-state index in [9.17, 15) is 9.59 Å². The molecule has 0 radical (unpaired) electrons. The summed E-state index contributed by atoms with van der Waals surface area (Å²) in [5.74, 6) is -0.282. The van der Waals surface area contributed by atoms with Crippen molar-refractivity contribution in [2.24, 2.45) is 0 Å². The summed E-state index contributed by atoms with van der Waals surface area (Å²) in [5, 5.41) is 11.7. The lowest BCUT2D eigenvalue weighted by Crippen LogP contribution is -2.36. The lowest BCUT2D eigenvalue weighted by molar-refractivity contribution is -0.151. The first-order valence-electron chi connectivity index (χ1n) is 7.54. The van der Waals surface area contributed by atoms with Crippen LogP contribution in [0, 0.1) is 0 Å². The summed E-state index contributed by atoms with van der Waals surface area (Å²) in [6, 6.07) is 6.08. The summed E-state index contributed by atoms with van der Waals surface area (Å²) in [7, 11) is 0. The van der Waals surface area contributed by atoms with E-state index >= 15 is 0 Å². The van der Waals surface area contributed by atoms with Gasteiger partial charge in [-0.2, -0.15) is 0 Å². The predicted octanol–water partition coefficient (Wildman–Crippen LogP) is 0.912. The Morgan fingerprint density at radius 3 is 2.86 bits per heavy atom. The molecule has 118 valence electrons. The van der Waals surface area contributed by atoms with Crippen LogP contribution in [-0.2, 0) is 27.2 Å². The van der Waals surface area contributed by atoms with E-state index in [-0.39, 0.29) is 5.91 Å². The quantitative estimate of drug-likeness (QED) is 0.845. The third-order valence-electron chi connectivity index (χ3n) is 4.05. The van der Waals surface area contributed by atoms with E-state index in [1.165, 1.54) is 5.56 Å². The minimum atomic E-state index is -1.00. The highest BCUT2D eigenvalue weighted by Gasteiger charge is 2.34. The number of carbonyl (C=O) groups is 2. The van der Waals surface area contributed by atoms with E-state index in [1.54, 1.807) is 0 Å². The molecule has 2 aliphatic heterocycles. The standard InChI is InChI=1S/C16H19NO5/c18-15(13-3-4-14(22-13)16(19)20)17-7-5-10-1-2-12-11(9-10)6-8-21-12/h1-2,9,13-14H,3-8H2,(H,17,18)(H,19,20)/t13-,14+/m0/s1. The molecular formula is C16H19NO5. The van der Waals surface area contributed by atoms with Crippen LogP contribution in [0.15, 0.2) is 18.2 Å². The molecule has 0 aliphatic carbocycles. The molecule has 0 aromatic heterocycles. The van der Waals surface area contributed by atoms with Crippen molar-refractivity contribution in [2.45, 2.75) is 37.9 Å². The van der Waals surface area contributed by atoms with E-state index in [4.69, 9.17) is 14.6 Å². The number of nitrogens with one attached hydrogen (secondary N) is 1. The van der Waals surface area contributed by atoms with Crippen molar-refractivity contribution in [1.29, 1.82) is 0 Å². The number of carboxylic acid groups (broad SMARTS) is 1. The molecule has 2 atom stereocenters. The maximum atomic E-state index is 11.9. The third kappa shape index (κ3) is 3.22. The van der Waals surface area contributed by atoms with Crippen molar-refractivity contribution < 1.29 is 24.2 Å². The van der Waals surface area contributed by atoms with Gasteiger partial charge in [0.25, 0.3) is 0 Å². The Hall–Kier alpha value is -2.08. The van der Waals surface area contributed by atoms with Gasteiger partial charge in [-0.25, -0.2) is 4.79 Å². The summed E-state index contributed by atoms with van der Waals surface area (Å²) < 4.78 is 10.7. The molecule has 2 N–H and O–H groups in total. The normalized spacial score (nSPS) is 22.9. The fraction of sp³-hybridized carbons (Fsp3) is 0.500. The van der Waals surface area contributed by atoms with Crippen molar-refractivity contribution in [2.75, 3.05) is 13.2 Å². The summed E-state index contributed by atoms with van der Waals surface area (Å²) in [6.45, 7) is 1.25.